The minimum Gasteiger partial charge on any atom is -0.495 e. The number of carbonyl (C=O) groups is 1. The summed E-state index contributed by atoms with van der Waals surface area (Å²) in [5, 5.41) is 5.00. The molecule has 0 radical (unpaired) electrons. The number of urea groups is 1. The van der Waals surface area contributed by atoms with Crippen LogP contribution in [0.1, 0.15) is 26.0 Å². The van der Waals surface area contributed by atoms with Crippen molar-refractivity contribution >= 4 is 45.6 Å². The molecule has 0 saturated carbocycles. The fourth-order valence-corrected chi connectivity index (χ4v) is 5.02. The zero-order chi connectivity index (χ0) is 24.5. The van der Waals surface area contributed by atoms with Crippen LogP contribution >= 0.6 is 11.6 Å². The molecule has 2 aromatic heterocycles. The van der Waals surface area contributed by atoms with E-state index < -0.39 is 0 Å². The minimum atomic E-state index is 0.0641. The van der Waals surface area contributed by atoms with Gasteiger partial charge in [0, 0.05) is 55.2 Å². The normalized spacial score (nSPS) is 20.6. The second-order valence-corrected chi connectivity index (χ2v) is 9.56. The van der Waals surface area contributed by atoms with Crippen LogP contribution in [0.2, 0.25) is 5.02 Å². The molecule has 2 aliphatic rings. The monoisotopic (exact) mass is 495 g/mol. The third-order valence-corrected chi connectivity index (χ3v) is 6.79. The Morgan fingerprint density at radius 1 is 1.20 bits per heavy atom. The third-order valence-electron chi connectivity index (χ3n) is 6.48. The predicted molar refractivity (Wildman–Crippen MR) is 139 cm³/mol. The molecule has 2 aliphatic heterocycles. The molecule has 0 bridgehead atoms. The first-order chi connectivity index (χ1) is 16.9. The average molecular weight is 496 g/mol. The van der Waals surface area contributed by atoms with Gasteiger partial charge in [0.2, 0.25) is 0 Å². The number of rotatable bonds is 4. The second-order valence-electron chi connectivity index (χ2n) is 9.15. The van der Waals surface area contributed by atoms with Crippen molar-refractivity contribution in [2.75, 3.05) is 38.6 Å². The number of anilines is 2. The fraction of sp³-hybridized carbons (Fsp3) is 0.385. The molecule has 8 nitrogen and oxygen atoms in total. The number of hydrogen-bond donors (Lipinski definition) is 2. The number of nitrogens with zero attached hydrogens (tertiary/aromatic N) is 3. The lowest BCUT2D eigenvalue weighted by Crippen LogP contribution is -2.53. The van der Waals surface area contributed by atoms with Gasteiger partial charge in [0.15, 0.2) is 0 Å². The summed E-state index contributed by atoms with van der Waals surface area (Å²) >= 11 is 6.16. The van der Waals surface area contributed by atoms with Crippen molar-refractivity contribution in [3.05, 3.63) is 53.3 Å². The molecule has 2 unspecified atom stereocenters. The van der Waals surface area contributed by atoms with Crippen LogP contribution in [0.4, 0.5) is 16.2 Å². The van der Waals surface area contributed by atoms with Crippen LogP contribution < -0.4 is 10.1 Å². The van der Waals surface area contributed by atoms with Gasteiger partial charge in [-0.3, -0.25) is 0 Å². The van der Waals surface area contributed by atoms with E-state index >= 15 is 0 Å². The summed E-state index contributed by atoms with van der Waals surface area (Å²) in [6.07, 6.45) is 4.82. The largest absolute Gasteiger partial charge is 0.495 e. The lowest BCUT2D eigenvalue weighted by atomic mass is 10.0. The molecule has 0 spiro atoms. The number of aromatic nitrogens is 2. The van der Waals surface area contributed by atoms with Gasteiger partial charge in [-0.2, -0.15) is 0 Å². The number of H-pyrrole nitrogens is 1. The lowest BCUT2D eigenvalue weighted by Gasteiger charge is -2.39. The standard InChI is InChI=1S/C26H30ClN5O3/c1-16-14-32(15-17(2)35-16)26(33)31-10-7-18(8-11-31)23-13-20-22(6-9-28-25(20)30-23)29-19-4-5-21(27)24(12-19)34-3/h4-7,9,12-13,16-17H,8,10-11,14-15H2,1-3H3,(H2,28,29,30). The van der Waals surface area contributed by atoms with E-state index in [0.29, 0.717) is 37.0 Å². The van der Waals surface area contributed by atoms with Gasteiger partial charge < -0.3 is 29.6 Å². The molecule has 3 aromatic rings. The summed E-state index contributed by atoms with van der Waals surface area (Å²) in [5.74, 6) is 0.615. The molecular weight excluding hydrogens is 466 g/mol. The number of ether oxygens (including phenoxy) is 2. The van der Waals surface area contributed by atoms with E-state index in [0.717, 1.165) is 34.5 Å². The lowest BCUT2D eigenvalue weighted by molar-refractivity contribution is -0.0579. The zero-order valence-electron chi connectivity index (χ0n) is 20.2. The molecule has 9 heteroatoms. The summed E-state index contributed by atoms with van der Waals surface area (Å²) in [6, 6.07) is 9.74. The number of amides is 2. The Bertz CT molecular complexity index is 1260. The van der Waals surface area contributed by atoms with E-state index in [9.17, 15) is 4.79 Å². The molecule has 0 aliphatic carbocycles. The molecule has 2 atom stereocenters. The zero-order valence-corrected chi connectivity index (χ0v) is 20.9. The van der Waals surface area contributed by atoms with Gasteiger partial charge in [-0.1, -0.05) is 17.7 Å². The Morgan fingerprint density at radius 2 is 2.00 bits per heavy atom. The number of fused-ring (bicyclic) bond motifs is 1. The van der Waals surface area contributed by atoms with Gasteiger partial charge >= 0.3 is 6.03 Å². The molecule has 4 heterocycles. The first-order valence-electron chi connectivity index (χ1n) is 11.9. The molecule has 1 fully saturated rings. The van der Waals surface area contributed by atoms with Crippen molar-refractivity contribution in [2.24, 2.45) is 0 Å². The number of hydrogen-bond acceptors (Lipinski definition) is 5. The molecule has 2 amide bonds. The van der Waals surface area contributed by atoms with Gasteiger partial charge in [-0.05, 0) is 50.1 Å². The molecule has 2 N–H and O–H groups in total. The van der Waals surface area contributed by atoms with Crippen LogP contribution in [0.25, 0.3) is 16.6 Å². The SMILES string of the molecule is COc1cc(Nc2ccnc3[nH]c(C4=CCN(C(=O)N5CC(C)OC(C)C5)CC4)cc23)ccc1Cl. The highest BCUT2D eigenvalue weighted by Gasteiger charge is 2.30. The first kappa shape index (κ1) is 23.5. The van der Waals surface area contributed by atoms with Crippen LogP contribution in [0.3, 0.4) is 0 Å². The average Bonchev–Trinajstić information content (AvgIpc) is 3.30. The van der Waals surface area contributed by atoms with Gasteiger partial charge in [0.05, 0.1) is 30.0 Å². The number of aromatic amines is 1. The molecular formula is C26H30ClN5O3. The minimum absolute atomic E-state index is 0.0641. The van der Waals surface area contributed by atoms with Crippen molar-refractivity contribution in [1.29, 1.82) is 0 Å². The third kappa shape index (κ3) is 4.94. The van der Waals surface area contributed by atoms with Gasteiger partial charge in [-0.25, -0.2) is 9.78 Å². The van der Waals surface area contributed by atoms with Crippen molar-refractivity contribution in [2.45, 2.75) is 32.5 Å². The molecule has 35 heavy (non-hydrogen) atoms. The Labute approximate surface area is 209 Å². The van der Waals surface area contributed by atoms with Crippen LogP contribution in [0.15, 0.2) is 42.6 Å². The highest BCUT2D eigenvalue weighted by Crippen LogP contribution is 2.33. The number of halogens is 1. The second kappa shape index (κ2) is 9.79. The fourth-order valence-electron chi connectivity index (χ4n) is 4.82. The Balaban J connectivity index is 1.32. The van der Waals surface area contributed by atoms with E-state index in [-0.39, 0.29) is 18.2 Å². The van der Waals surface area contributed by atoms with Crippen molar-refractivity contribution in [3.63, 3.8) is 0 Å². The molecule has 5 rings (SSSR count). The van der Waals surface area contributed by atoms with E-state index in [4.69, 9.17) is 21.1 Å². The topological polar surface area (TPSA) is 82.7 Å². The number of nitrogens with one attached hydrogen (secondary N) is 2. The maximum atomic E-state index is 13.0. The summed E-state index contributed by atoms with van der Waals surface area (Å²) in [5.41, 5.74) is 4.83. The van der Waals surface area contributed by atoms with Crippen LogP contribution in [0.5, 0.6) is 5.75 Å². The van der Waals surface area contributed by atoms with Crippen LogP contribution in [-0.4, -0.2) is 71.3 Å². The van der Waals surface area contributed by atoms with Crippen molar-refractivity contribution in [3.8, 4) is 5.75 Å². The maximum absolute atomic E-state index is 13.0. The summed E-state index contributed by atoms with van der Waals surface area (Å²) in [7, 11) is 1.60. The van der Waals surface area contributed by atoms with E-state index in [2.05, 4.69) is 27.4 Å². The molecule has 184 valence electrons. The summed E-state index contributed by atoms with van der Waals surface area (Å²) in [6.45, 7) is 6.58. The molecule has 1 saturated heterocycles. The van der Waals surface area contributed by atoms with Gasteiger partial charge in [0.25, 0.3) is 0 Å². The Kier molecular flexibility index (Phi) is 6.58. The molecule has 1 aromatic carbocycles. The quantitative estimate of drug-likeness (QED) is 0.514. The Morgan fingerprint density at radius 3 is 2.71 bits per heavy atom. The number of morpholine rings is 1. The maximum Gasteiger partial charge on any atom is 0.320 e. The summed E-state index contributed by atoms with van der Waals surface area (Å²) in [4.78, 5) is 24.8. The number of benzene rings is 1. The van der Waals surface area contributed by atoms with E-state index in [1.54, 1.807) is 13.3 Å². The van der Waals surface area contributed by atoms with Gasteiger partial charge in [-0.15, -0.1) is 0 Å². The summed E-state index contributed by atoms with van der Waals surface area (Å²) < 4.78 is 11.1. The van der Waals surface area contributed by atoms with E-state index in [1.165, 1.54) is 5.57 Å². The number of pyridine rings is 1. The number of methoxy groups -OCH3 is 1. The van der Waals surface area contributed by atoms with Crippen molar-refractivity contribution in [1.82, 2.24) is 19.8 Å². The van der Waals surface area contributed by atoms with Crippen LogP contribution in [0, 0.1) is 0 Å². The number of carbonyl (C=O) groups excluding carboxylic acids is 1. The smallest absolute Gasteiger partial charge is 0.320 e. The van der Waals surface area contributed by atoms with Crippen molar-refractivity contribution < 1.29 is 14.3 Å². The first-order valence-corrected chi connectivity index (χ1v) is 12.3. The Hall–Kier alpha value is -3.23. The van der Waals surface area contributed by atoms with Crippen LogP contribution in [-0.2, 0) is 4.74 Å². The van der Waals surface area contributed by atoms with E-state index in [1.807, 2.05) is 47.9 Å². The highest BCUT2D eigenvalue weighted by molar-refractivity contribution is 6.32. The van der Waals surface area contributed by atoms with Gasteiger partial charge in [0.1, 0.15) is 11.4 Å². The predicted octanol–water partition coefficient (Wildman–Crippen LogP) is 5.29. The highest BCUT2D eigenvalue weighted by atomic mass is 35.5.